The molecule has 0 aliphatic carbocycles. The number of rotatable bonds is 4. The third-order valence-electron chi connectivity index (χ3n) is 3.19. The normalized spacial score (nSPS) is 11.3. The SMILES string of the molecule is Cc1cncn(CCNC(=O)c2ccc(C(F)(F)F)cc2)c1=O. The lowest BCUT2D eigenvalue weighted by atomic mass is 10.1. The predicted molar refractivity (Wildman–Crippen MR) is 77.0 cm³/mol. The van der Waals surface area contributed by atoms with E-state index >= 15 is 0 Å². The van der Waals surface area contributed by atoms with Crippen molar-refractivity contribution in [3.63, 3.8) is 0 Å². The molecule has 0 aliphatic rings. The number of hydrogen-bond acceptors (Lipinski definition) is 3. The van der Waals surface area contributed by atoms with Gasteiger partial charge in [-0.05, 0) is 31.2 Å². The highest BCUT2D eigenvalue weighted by Crippen LogP contribution is 2.28. The van der Waals surface area contributed by atoms with E-state index in [2.05, 4.69) is 10.3 Å². The first-order valence-electron chi connectivity index (χ1n) is 6.75. The minimum atomic E-state index is -4.44. The zero-order valence-electron chi connectivity index (χ0n) is 12.2. The van der Waals surface area contributed by atoms with E-state index in [0.29, 0.717) is 5.56 Å². The quantitative estimate of drug-likeness (QED) is 0.935. The molecular weight excluding hydrogens is 311 g/mol. The molecule has 2 aromatic rings. The molecule has 23 heavy (non-hydrogen) atoms. The van der Waals surface area contributed by atoms with Gasteiger partial charge in [0.1, 0.15) is 0 Å². The average Bonchev–Trinajstić information content (AvgIpc) is 2.50. The van der Waals surface area contributed by atoms with E-state index in [1.165, 1.54) is 17.1 Å². The number of amides is 1. The zero-order chi connectivity index (χ0) is 17.0. The van der Waals surface area contributed by atoms with Crippen molar-refractivity contribution >= 4 is 5.91 Å². The molecule has 1 N–H and O–H groups in total. The molecule has 2 rings (SSSR count). The van der Waals surface area contributed by atoms with E-state index in [1.54, 1.807) is 6.92 Å². The standard InChI is InChI=1S/C15H14F3N3O2/c1-10-8-19-9-21(14(10)23)7-6-20-13(22)11-2-4-12(5-3-11)15(16,17)18/h2-5,8-9H,6-7H2,1H3,(H,20,22). The first-order chi connectivity index (χ1) is 10.8. The van der Waals surface area contributed by atoms with Crippen LogP contribution in [0.4, 0.5) is 13.2 Å². The molecule has 0 aliphatic heterocycles. The minimum Gasteiger partial charge on any atom is -0.350 e. The second kappa shape index (κ2) is 6.64. The summed E-state index contributed by atoms with van der Waals surface area (Å²) in [5.74, 6) is -0.507. The second-order valence-corrected chi connectivity index (χ2v) is 4.91. The number of nitrogens with zero attached hydrogens (tertiary/aromatic N) is 2. The fraction of sp³-hybridized carbons (Fsp3) is 0.267. The van der Waals surface area contributed by atoms with E-state index in [1.807, 2.05) is 0 Å². The van der Waals surface area contributed by atoms with Crippen molar-refractivity contribution in [2.24, 2.45) is 0 Å². The molecule has 0 radical (unpaired) electrons. The maximum absolute atomic E-state index is 12.4. The summed E-state index contributed by atoms with van der Waals surface area (Å²) in [6, 6.07) is 3.92. The van der Waals surface area contributed by atoms with Crippen LogP contribution < -0.4 is 10.9 Å². The predicted octanol–water partition coefficient (Wildman–Crippen LogP) is 2.00. The highest BCUT2D eigenvalue weighted by atomic mass is 19.4. The molecule has 0 fully saturated rings. The lowest BCUT2D eigenvalue weighted by Crippen LogP contribution is -2.31. The number of carbonyl (C=O) groups is 1. The van der Waals surface area contributed by atoms with Crippen molar-refractivity contribution < 1.29 is 18.0 Å². The Bertz CT molecular complexity index is 752. The maximum Gasteiger partial charge on any atom is 0.416 e. The molecule has 1 heterocycles. The number of benzene rings is 1. The van der Waals surface area contributed by atoms with Crippen LogP contribution in [0.5, 0.6) is 0 Å². The molecule has 122 valence electrons. The van der Waals surface area contributed by atoms with Crippen LogP contribution in [0, 0.1) is 6.92 Å². The fourth-order valence-corrected chi connectivity index (χ4v) is 1.92. The largest absolute Gasteiger partial charge is 0.416 e. The van der Waals surface area contributed by atoms with Gasteiger partial charge in [0.25, 0.3) is 11.5 Å². The third kappa shape index (κ3) is 4.18. The van der Waals surface area contributed by atoms with Gasteiger partial charge < -0.3 is 5.32 Å². The number of carbonyl (C=O) groups excluding carboxylic acids is 1. The Kier molecular flexibility index (Phi) is 4.83. The topological polar surface area (TPSA) is 64.0 Å². The Hall–Kier alpha value is -2.64. The van der Waals surface area contributed by atoms with Crippen LogP contribution in [0.1, 0.15) is 21.5 Å². The van der Waals surface area contributed by atoms with Gasteiger partial charge in [-0.2, -0.15) is 13.2 Å². The Labute approximate surface area is 129 Å². The maximum atomic E-state index is 12.4. The van der Waals surface area contributed by atoms with Crippen LogP contribution in [0.2, 0.25) is 0 Å². The Balaban J connectivity index is 1.95. The number of aromatic nitrogens is 2. The van der Waals surface area contributed by atoms with Gasteiger partial charge in [-0.1, -0.05) is 0 Å². The molecule has 1 aromatic carbocycles. The number of hydrogen-bond donors (Lipinski definition) is 1. The minimum absolute atomic E-state index is 0.118. The average molecular weight is 325 g/mol. The molecule has 1 aromatic heterocycles. The summed E-state index contributed by atoms with van der Waals surface area (Å²) in [6.45, 7) is 2.01. The third-order valence-corrected chi connectivity index (χ3v) is 3.19. The summed E-state index contributed by atoms with van der Waals surface area (Å²) < 4.78 is 38.7. The fourth-order valence-electron chi connectivity index (χ4n) is 1.92. The monoisotopic (exact) mass is 325 g/mol. The van der Waals surface area contributed by atoms with E-state index in [9.17, 15) is 22.8 Å². The second-order valence-electron chi connectivity index (χ2n) is 4.91. The molecule has 5 nitrogen and oxygen atoms in total. The zero-order valence-corrected chi connectivity index (χ0v) is 12.2. The Morgan fingerprint density at radius 1 is 1.26 bits per heavy atom. The Morgan fingerprint density at radius 3 is 2.52 bits per heavy atom. The first-order valence-corrected chi connectivity index (χ1v) is 6.75. The summed E-state index contributed by atoms with van der Waals surface area (Å²) in [5.41, 5.74) is -0.413. The van der Waals surface area contributed by atoms with E-state index < -0.39 is 17.6 Å². The lowest BCUT2D eigenvalue weighted by Gasteiger charge is -2.09. The summed E-state index contributed by atoms with van der Waals surface area (Å²) in [7, 11) is 0. The van der Waals surface area contributed by atoms with Crippen LogP contribution in [-0.4, -0.2) is 22.0 Å². The van der Waals surface area contributed by atoms with E-state index in [-0.39, 0.29) is 24.2 Å². The molecular formula is C15H14F3N3O2. The van der Waals surface area contributed by atoms with Crippen molar-refractivity contribution in [2.75, 3.05) is 6.54 Å². The van der Waals surface area contributed by atoms with Crippen LogP contribution in [0.25, 0.3) is 0 Å². The van der Waals surface area contributed by atoms with Gasteiger partial charge in [-0.3, -0.25) is 14.2 Å². The van der Waals surface area contributed by atoms with Crippen molar-refractivity contribution in [3.8, 4) is 0 Å². The van der Waals surface area contributed by atoms with Crippen molar-refractivity contribution in [1.29, 1.82) is 0 Å². The molecule has 1 amide bonds. The summed E-state index contributed by atoms with van der Waals surface area (Å²) >= 11 is 0. The summed E-state index contributed by atoms with van der Waals surface area (Å²) in [5, 5.41) is 2.54. The number of halogens is 3. The molecule has 0 unspecified atom stereocenters. The molecule has 8 heteroatoms. The van der Waals surface area contributed by atoms with Gasteiger partial charge in [0.15, 0.2) is 0 Å². The highest BCUT2D eigenvalue weighted by molar-refractivity contribution is 5.94. The molecule has 0 saturated carbocycles. The van der Waals surface area contributed by atoms with Gasteiger partial charge in [-0.25, -0.2) is 4.98 Å². The highest BCUT2D eigenvalue weighted by Gasteiger charge is 2.30. The molecule has 0 saturated heterocycles. The van der Waals surface area contributed by atoms with Crippen molar-refractivity contribution in [2.45, 2.75) is 19.6 Å². The van der Waals surface area contributed by atoms with E-state index in [0.717, 1.165) is 24.3 Å². The van der Waals surface area contributed by atoms with Gasteiger partial charge >= 0.3 is 6.18 Å². The first kappa shape index (κ1) is 16.7. The van der Waals surface area contributed by atoms with E-state index in [4.69, 9.17) is 0 Å². The van der Waals surface area contributed by atoms with Crippen LogP contribution in [0.3, 0.4) is 0 Å². The number of aryl methyl sites for hydroxylation is 1. The van der Waals surface area contributed by atoms with Gasteiger partial charge in [0, 0.05) is 30.4 Å². The van der Waals surface area contributed by atoms with Crippen LogP contribution in [-0.2, 0) is 12.7 Å². The van der Waals surface area contributed by atoms with Crippen molar-refractivity contribution in [1.82, 2.24) is 14.9 Å². The number of nitrogens with one attached hydrogen (secondary N) is 1. The lowest BCUT2D eigenvalue weighted by molar-refractivity contribution is -0.137. The van der Waals surface area contributed by atoms with Crippen LogP contribution >= 0.6 is 0 Å². The molecule has 0 atom stereocenters. The van der Waals surface area contributed by atoms with Crippen molar-refractivity contribution in [3.05, 3.63) is 63.8 Å². The summed E-state index contributed by atoms with van der Waals surface area (Å²) in [6.07, 6.45) is -1.63. The smallest absolute Gasteiger partial charge is 0.350 e. The van der Waals surface area contributed by atoms with Gasteiger partial charge in [-0.15, -0.1) is 0 Å². The van der Waals surface area contributed by atoms with Crippen LogP contribution in [0.15, 0.2) is 41.6 Å². The molecule has 0 bridgehead atoms. The van der Waals surface area contributed by atoms with Gasteiger partial charge in [0.05, 0.1) is 11.9 Å². The molecule has 0 spiro atoms. The van der Waals surface area contributed by atoms with Gasteiger partial charge in [0.2, 0.25) is 0 Å². The Morgan fingerprint density at radius 2 is 1.91 bits per heavy atom. The number of alkyl halides is 3. The summed E-state index contributed by atoms with van der Waals surface area (Å²) in [4.78, 5) is 27.5.